The van der Waals surface area contributed by atoms with Gasteiger partial charge in [-0.3, -0.25) is 0 Å². The van der Waals surface area contributed by atoms with Crippen molar-refractivity contribution in [3.63, 3.8) is 0 Å². The van der Waals surface area contributed by atoms with Crippen molar-refractivity contribution in [3.8, 4) is 0 Å². The number of aromatic carboxylic acids is 1. The summed E-state index contributed by atoms with van der Waals surface area (Å²) in [5, 5.41) is 8.78. The Hall–Kier alpha value is -1.49. The Morgan fingerprint density at radius 1 is 1.67 bits per heavy atom. The quantitative estimate of drug-likeness (QED) is 0.804. The van der Waals surface area contributed by atoms with Crippen molar-refractivity contribution in [3.05, 3.63) is 23.3 Å². The molecule has 0 saturated carbocycles. The van der Waals surface area contributed by atoms with Crippen LogP contribution in [0.3, 0.4) is 0 Å². The van der Waals surface area contributed by atoms with Crippen LogP contribution in [0, 0.1) is 6.92 Å². The monoisotopic (exact) mass is 210 g/mol. The minimum absolute atomic E-state index is 0.0279. The summed E-state index contributed by atoms with van der Waals surface area (Å²) < 4.78 is 5.08. The molecule has 0 aliphatic carbocycles. The molecule has 0 aliphatic heterocycles. The number of carboxylic acid groups (broad SMARTS) is 1. The Kier molecular flexibility index (Phi) is 3.74. The molecule has 15 heavy (non-hydrogen) atoms. The van der Waals surface area contributed by atoms with Gasteiger partial charge in [0.05, 0.1) is 17.4 Å². The predicted octanol–water partition coefficient (Wildman–Crippen LogP) is 1.06. The summed E-state index contributed by atoms with van der Waals surface area (Å²) >= 11 is 0. The number of aryl methyl sites for hydroxylation is 1. The van der Waals surface area contributed by atoms with Crippen molar-refractivity contribution >= 4 is 5.97 Å². The first-order valence-electron chi connectivity index (χ1n) is 4.63. The Balaban J connectivity index is 2.87. The van der Waals surface area contributed by atoms with Crippen molar-refractivity contribution < 1.29 is 14.6 Å². The van der Waals surface area contributed by atoms with Crippen molar-refractivity contribution in [2.24, 2.45) is 0 Å². The topological polar surface area (TPSA) is 72.3 Å². The molecule has 0 amide bonds. The van der Waals surface area contributed by atoms with Gasteiger partial charge in [-0.1, -0.05) is 0 Å². The zero-order chi connectivity index (χ0) is 11.4. The van der Waals surface area contributed by atoms with Gasteiger partial charge in [0.1, 0.15) is 5.82 Å². The number of nitrogens with zero attached hydrogens (tertiary/aromatic N) is 2. The Morgan fingerprint density at radius 3 is 2.80 bits per heavy atom. The maximum Gasteiger partial charge on any atom is 0.339 e. The van der Waals surface area contributed by atoms with E-state index in [1.54, 1.807) is 14.0 Å². The van der Waals surface area contributed by atoms with Crippen LogP contribution < -0.4 is 0 Å². The van der Waals surface area contributed by atoms with Gasteiger partial charge in [-0.15, -0.1) is 0 Å². The highest BCUT2D eigenvalue weighted by molar-refractivity contribution is 5.88. The first-order valence-corrected chi connectivity index (χ1v) is 4.63. The van der Waals surface area contributed by atoms with Gasteiger partial charge in [-0.25, -0.2) is 14.8 Å². The lowest BCUT2D eigenvalue weighted by molar-refractivity contribution is 0.0695. The maximum atomic E-state index is 10.7. The molecule has 0 bridgehead atoms. The molecule has 0 aromatic carbocycles. The molecule has 0 aliphatic rings. The van der Waals surface area contributed by atoms with Gasteiger partial charge >= 0.3 is 5.97 Å². The third-order valence-corrected chi connectivity index (χ3v) is 2.13. The van der Waals surface area contributed by atoms with Gasteiger partial charge in [0.25, 0.3) is 0 Å². The second kappa shape index (κ2) is 4.84. The lowest BCUT2D eigenvalue weighted by atomic mass is 10.2. The van der Waals surface area contributed by atoms with E-state index in [4.69, 9.17) is 9.84 Å². The summed E-state index contributed by atoms with van der Waals surface area (Å²) in [5.41, 5.74) is 0.625. The minimum Gasteiger partial charge on any atom is -0.478 e. The van der Waals surface area contributed by atoms with E-state index in [9.17, 15) is 4.79 Å². The van der Waals surface area contributed by atoms with Gasteiger partial charge in [0.15, 0.2) is 0 Å². The van der Waals surface area contributed by atoms with Crippen LogP contribution in [-0.2, 0) is 11.2 Å². The zero-order valence-corrected chi connectivity index (χ0v) is 9.02. The van der Waals surface area contributed by atoms with Gasteiger partial charge in [-0.05, 0) is 13.8 Å². The first-order chi connectivity index (χ1) is 7.04. The molecule has 1 unspecified atom stereocenters. The normalized spacial score (nSPS) is 12.5. The second-order valence-electron chi connectivity index (χ2n) is 3.34. The van der Waals surface area contributed by atoms with Crippen molar-refractivity contribution in [2.75, 3.05) is 7.11 Å². The summed E-state index contributed by atoms with van der Waals surface area (Å²) in [6, 6.07) is 0. The molecule has 1 N–H and O–H groups in total. The number of hydrogen-bond donors (Lipinski definition) is 1. The van der Waals surface area contributed by atoms with E-state index in [0.717, 1.165) is 0 Å². The molecule has 1 rings (SSSR count). The van der Waals surface area contributed by atoms with Crippen LogP contribution in [0.25, 0.3) is 0 Å². The van der Waals surface area contributed by atoms with Crippen LogP contribution in [0.5, 0.6) is 0 Å². The zero-order valence-electron chi connectivity index (χ0n) is 9.02. The Bertz CT molecular complexity index is 366. The number of rotatable bonds is 4. The number of aromatic nitrogens is 2. The number of ether oxygens (including phenoxy) is 1. The molecule has 0 radical (unpaired) electrons. The molecule has 1 heterocycles. The smallest absolute Gasteiger partial charge is 0.339 e. The average molecular weight is 210 g/mol. The largest absolute Gasteiger partial charge is 0.478 e. The Morgan fingerprint density at radius 2 is 2.33 bits per heavy atom. The number of hydrogen-bond acceptors (Lipinski definition) is 4. The van der Waals surface area contributed by atoms with Crippen molar-refractivity contribution in [1.82, 2.24) is 9.97 Å². The lowest BCUT2D eigenvalue weighted by Gasteiger charge is -2.08. The van der Waals surface area contributed by atoms with Gasteiger partial charge in [-0.2, -0.15) is 0 Å². The van der Waals surface area contributed by atoms with E-state index in [-0.39, 0.29) is 11.7 Å². The van der Waals surface area contributed by atoms with E-state index < -0.39 is 5.97 Å². The van der Waals surface area contributed by atoms with Gasteiger partial charge in [0, 0.05) is 19.7 Å². The molecule has 1 atom stereocenters. The highest BCUT2D eigenvalue weighted by Gasteiger charge is 2.11. The summed E-state index contributed by atoms with van der Waals surface area (Å²) in [5.74, 6) is -0.398. The fourth-order valence-corrected chi connectivity index (χ4v) is 1.16. The highest BCUT2D eigenvalue weighted by Crippen LogP contribution is 2.06. The Labute approximate surface area is 88.1 Å². The number of methoxy groups -OCH3 is 1. The number of carboxylic acids is 1. The third-order valence-electron chi connectivity index (χ3n) is 2.13. The summed E-state index contributed by atoms with van der Waals surface area (Å²) in [6.45, 7) is 3.57. The molecular formula is C10H14N2O3. The lowest BCUT2D eigenvalue weighted by Crippen LogP contribution is -2.13. The van der Waals surface area contributed by atoms with Crippen LogP contribution in [0.2, 0.25) is 0 Å². The van der Waals surface area contributed by atoms with Crippen molar-refractivity contribution in [2.45, 2.75) is 26.4 Å². The summed E-state index contributed by atoms with van der Waals surface area (Å²) in [6.07, 6.45) is 1.94. The average Bonchev–Trinajstić information content (AvgIpc) is 2.17. The standard InChI is InChI=1S/C10H14N2O3/c1-6(15-3)4-9-11-5-8(10(13)14)7(2)12-9/h5-6H,4H2,1-3H3,(H,13,14). The molecule has 1 aromatic rings. The number of carbonyl (C=O) groups is 1. The molecule has 82 valence electrons. The molecule has 0 spiro atoms. The van der Waals surface area contributed by atoms with E-state index in [1.807, 2.05) is 6.92 Å². The molecule has 5 nitrogen and oxygen atoms in total. The van der Waals surface area contributed by atoms with E-state index in [1.165, 1.54) is 6.20 Å². The second-order valence-corrected chi connectivity index (χ2v) is 3.34. The highest BCUT2D eigenvalue weighted by atomic mass is 16.5. The van der Waals surface area contributed by atoms with E-state index in [2.05, 4.69) is 9.97 Å². The summed E-state index contributed by atoms with van der Waals surface area (Å²) in [7, 11) is 1.61. The minimum atomic E-state index is -1.00. The molecule has 5 heteroatoms. The van der Waals surface area contributed by atoms with Gasteiger partial charge < -0.3 is 9.84 Å². The molecule has 0 saturated heterocycles. The van der Waals surface area contributed by atoms with Crippen LogP contribution in [0.4, 0.5) is 0 Å². The van der Waals surface area contributed by atoms with Crippen LogP contribution in [0.1, 0.15) is 28.8 Å². The fourth-order valence-electron chi connectivity index (χ4n) is 1.16. The third kappa shape index (κ3) is 2.99. The summed E-state index contributed by atoms with van der Waals surface area (Å²) in [4.78, 5) is 18.8. The van der Waals surface area contributed by atoms with Crippen LogP contribution in [-0.4, -0.2) is 34.3 Å². The van der Waals surface area contributed by atoms with Crippen LogP contribution >= 0.6 is 0 Å². The van der Waals surface area contributed by atoms with E-state index >= 15 is 0 Å². The SMILES string of the molecule is COC(C)Cc1ncc(C(=O)O)c(C)n1. The first kappa shape index (κ1) is 11.6. The van der Waals surface area contributed by atoms with Gasteiger partial charge in [0.2, 0.25) is 0 Å². The maximum absolute atomic E-state index is 10.7. The molecular weight excluding hydrogens is 196 g/mol. The predicted molar refractivity (Wildman–Crippen MR) is 53.9 cm³/mol. The van der Waals surface area contributed by atoms with Crippen LogP contribution in [0.15, 0.2) is 6.20 Å². The fraction of sp³-hybridized carbons (Fsp3) is 0.500. The molecule has 0 fully saturated rings. The van der Waals surface area contributed by atoms with E-state index in [0.29, 0.717) is 17.9 Å². The van der Waals surface area contributed by atoms with Crippen molar-refractivity contribution in [1.29, 1.82) is 0 Å². The molecule has 1 aromatic heterocycles.